The van der Waals surface area contributed by atoms with Crippen molar-refractivity contribution in [1.29, 1.82) is 0 Å². The first-order valence-corrected chi connectivity index (χ1v) is 10.7. The van der Waals surface area contributed by atoms with Gasteiger partial charge in [0.25, 0.3) is 0 Å². The lowest BCUT2D eigenvalue weighted by Crippen LogP contribution is -2.12. The lowest BCUT2D eigenvalue weighted by molar-refractivity contribution is 0.450. The summed E-state index contributed by atoms with van der Waals surface area (Å²) >= 11 is 0. The van der Waals surface area contributed by atoms with Gasteiger partial charge in [0.1, 0.15) is 23.0 Å². The summed E-state index contributed by atoms with van der Waals surface area (Å²) in [6.07, 6.45) is 0. The zero-order valence-electron chi connectivity index (χ0n) is 19.1. The number of anilines is 3. The molecule has 33 heavy (non-hydrogen) atoms. The first-order valence-electron chi connectivity index (χ1n) is 10.7. The van der Waals surface area contributed by atoms with Crippen LogP contribution in [0.5, 0.6) is 28.7 Å². The van der Waals surface area contributed by atoms with Gasteiger partial charge in [-0.05, 0) is 80.3 Å². The number of phenols is 3. The molecule has 0 bridgehead atoms. The minimum Gasteiger partial charge on any atom is -0.508 e. The van der Waals surface area contributed by atoms with Crippen LogP contribution in [-0.4, -0.2) is 15.3 Å². The first-order chi connectivity index (χ1) is 15.8. The highest BCUT2D eigenvalue weighted by Crippen LogP contribution is 2.48. The van der Waals surface area contributed by atoms with Gasteiger partial charge in [0.05, 0.1) is 17.1 Å². The number of nitrogens with zero attached hydrogens (tertiary/aromatic N) is 1. The van der Waals surface area contributed by atoms with Gasteiger partial charge in [-0.15, -0.1) is 0 Å². The van der Waals surface area contributed by atoms with Crippen molar-refractivity contribution < 1.29 is 20.1 Å². The van der Waals surface area contributed by atoms with E-state index in [-0.39, 0.29) is 17.2 Å². The van der Waals surface area contributed by atoms with Crippen molar-refractivity contribution in [3.05, 3.63) is 95.1 Å². The molecule has 0 fully saturated rings. The molecule has 0 aliphatic rings. The van der Waals surface area contributed by atoms with Crippen molar-refractivity contribution >= 4 is 17.1 Å². The molecule has 4 rings (SSSR count). The summed E-state index contributed by atoms with van der Waals surface area (Å²) in [4.78, 5) is 1.78. The minimum absolute atomic E-state index is 0.109. The SMILES string of the molecule is Cc1cc(C)c(Oc2ccccc2N(c2cccc(C)c2O)c2cccc(C)c2O)cc1O. The molecule has 5 nitrogen and oxygen atoms in total. The highest BCUT2D eigenvalue weighted by Gasteiger charge is 2.23. The second-order valence-electron chi connectivity index (χ2n) is 8.19. The number of phenolic OH excluding ortho intramolecular Hbond substituents is 3. The molecule has 0 heterocycles. The average Bonchev–Trinajstić information content (AvgIpc) is 2.79. The second-order valence-corrected chi connectivity index (χ2v) is 8.19. The Bertz CT molecular complexity index is 1280. The van der Waals surface area contributed by atoms with Gasteiger partial charge in [0.15, 0.2) is 5.75 Å². The Morgan fingerprint density at radius 1 is 0.545 bits per heavy atom. The number of ether oxygens (including phenoxy) is 1. The summed E-state index contributed by atoms with van der Waals surface area (Å²) in [7, 11) is 0. The first kappa shape index (κ1) is 22.1. The molecule has 0 unspecified atom stereocenters. The molecule has 0 atom stereocenters. The van der Waals surface area contributed by atoms with Crippen LogP contribution in [0.3, 0.4) is 0 Å². The number of rotatable bonds is 5. The maximum atomic E-state index is 10.9. The van der Waals surface area contributed by atoms with E-state index >= 15 is 0 Å². The van der Waals surface area contributed by atoms with Gasteiger partial charge in [-0.1, -0.05) is 36.4 Å². The highest BCUT2D eigenvalue weighted by atomic mass is 16.5. The monoisotopic (exact) mass is 441 g/mol. The molecule has 0 saturated carbocycles. The van der Waals surface area contributed by atoms with Gasteiger partial charge in [0.2, 0.25) is 0 Å². The summed E-state index contributed by atoms with van der Waals surface area (Å²) < 4.78 is 6.28. The van der Waals surface area contributed by atoms with E-state index in [4.69, 9.17) is 4.74 Å². The fraction of sp³-hybridized carbons (Fsp3) is 0.143. The van der Waals surface area contributed by atoms with Crippen molar-refractivity contribution in [3.63, 3.8) is 0 Å². The normalized spacial score (nSPS) is 10.8. The van der Waals surface area contributed by atoms with E-state index in [1.54, 1.807) is 23.1 Å². The Labute approximate surface area is 193 Å². The number of hydrogen-bond acceptors (Lipinski definition) is 5. The molecule has 0 aromatic heterocycles. The molecular weight excluding hydrogens is 414 g/mol. The molecule has 4 aromatic carbocycles. The van der Waals surface area contributed by atoms with Crippen LogP contribution in [-0.2, 0) is 0 Å². The van der Waals surface area contributed by atoms with Crippen molar-refractivity contribution in [3.8, 4) is 28.7 Å². The van der Waals surface area contributed by atoms with Crippen LogP contribution in [0.4, 0.5) is 17.1 Å². The van der Waals surface area contributed by atoms with Gasteiger partial charge in [-0.3, -0.25) is 4.90 Å². The minimum atomic E-state index is 0.109. The van der Waals surface area contributed by atoms with Gasteiger partial charge in [0, 0.05) is 6.07 Å². The lowest BCUT2D eigenvalue weighted by Gasteiger charge is -2.29. The van der Waals surface area contributed by atoms with Crippen LogP contribution in [0.15, 0.2) is 72.8 Å². The number of para-hydroxylation sites is 4. The van der Waals surface area contributed by atoms with Crippen molar-refractivity contribution in [2.45, 2.75) is 27.7 Å². The van der Waals surface area contributed by atoms with E-state index in [0.717, 1.165) is 11.1 Å². The molecule has 0 saturated heterocycles. The standard InChI is InChI=1S/C28H27NO4/c1-17-9-7-12-22(27(17)31)29(23-13-8-10-18(2)28(23)32)21-11-5-6-14-25(21)33-26-16-24(30)19(3)15-20(26)4/h5-16,30-32H,1-4H3. The molecule has 0 amide bonds. The molecule has 168 valence electrons. The zero-order chi connectivity index (χ0) is 23.7. The molecule has 0 aliphatic carbocycles. The van der Waals surface area contributed by atoms with E-state index in [9.17, 15) is 15.3 Å². The van der Waals surface area contributed by atoms with Crippen molar-refractivity contribution in [2.75, 3.05) is 4.90 Å². The molecule has 0 aliphatic heterocycles. The van der Waals surface area contributed by atoms with Crippen LogP contribution >= 0.6 is 0 Å². The van der Waals surface area contributed by atoms with E-state index in [1.807, 2.05) is 82.3 Å². The van der Waals surface area contributed by atoms with Crippen LogP contribution in [0, 0.1) is 27.7 Å². The molecule has 4 aromatic rings. The maximum absolute atomic E-state index is 10.9. The van der Waals surface area contributed by atoms with Crippen LogP contribution in [0.2, 0.25) is 0 Å². The molecule has 0 spiro atoms. The zero-order valence-corrected chi connectivity index (χ0v) is 19.1. The maximum Gasteiger partial charge on any atom is 0.151 e. The molecule has 5 heteroatoms. The summed E-state index contributed by atoms with van der Waals surface area (Å²) in [5.74, 6) is 1.39. The van der Waals surface area contributed by atoms with Gasteiger partial charge < -0.3 is 20.1 Å². The number of aromatic hydroxyl groups is 3. The van der Waals surface area contributed by atoms with Crippen molar-refractivity contribution in [1.82, 2.24) is 0 Å². The summed E-state index contributed by atoms with van der Waals surface area (Å²) in [6, 6.07) is 21.8. The van der Waals surface area contributed by atoms with E-state index in [1.165, 1.54) is 0 Å². The predicted octanol–water partition coefficient (Wildman–Crippen LogP) is 7.30. The van der Waals surface area contributed by atoms with Gasteiger partial charge in [-0.25, -0.2) is 0 Å². The van der Waals surface area contributed by atoms with Gasteiger partial charge >= 0.3 is 0 Å². The number of aryl methyl sites for hydroxylation is 4. The fourth-order valence-electron chi connectivity index (χ4n) is 3.82. The second kappa shape index (κ2) is 8.79. The summed E-state index contributed by atoms with van der Waals surface area (Å²) in [6.45, 7) is 7.41. The third-order valence-electron chi connectivity index (χ3n) is 5.73. The fourth-order valence-corrected chi connectivity index (χ4v) is 3.82. The van der Waals surface area contributed by atoms with E-state index in [2.05, 4.69) is 0 Å². The van der Waals surface area contributed by atoms with Crippen LogP contribution in [0.1, 0.15) is 22.3 Å². The topological polar surface area (TPSA) is 73.2 Å². The quantitative estimate of drug-likeness (QED) is 0.303. The summed E-state index contributed by atoms with van der Waals surface area (Å²) in [5, 5.41) is 32.1. The molecular formula is C28H27NO4. The predicted molar refractivity (Wildman–Crippen MR) is 132 cm³/mol. The molecule has 3 N–H and O–H groups in total. The Balaban J connectivity index is 1.94. The van der Waals surface area contributed by atoms with E-state index < -0.39 is 0 Å². The lowest BCUT2D eigenvalue weighted by atomic mass is 10.1. The number of hydrogen-bond donors (Lipinski definition) is 3. The Morgan fingerprint density at radius 2 is 1.09 bits per heavy atom. The highest BCUT2D eigenvalue weighted by molar-refractivity contribution is 5.86. The largest absolute Gasteiger partial charge is 0.508 e. The smallest absolute Gasteiger partial charge is 0.151 e. The summed E-state index contributed by atoms with van der Waals surface area (Å²) in [5.41, 5.74) is 4.71. The average molecular weight is 442 g/mol. The van der Waals surface area contributed by atoms with E-state index in [0.29, 0.717) is 39.7 Å². The third-order valence-corrected chi connectivity index (χ3v) is 5.73. The Morgan fingerprint density at radius 3 is 1.70 bits per heavy atom. The number of benzene rings is 4. The van der Waals surface area contributed by atoms with Crippen LogP contribution in [0.25, 0.3) is 0 Å². The van der Waals surface area contributed by atoms with Gasteiger partial charge in [-0.2, -0.15) is 0 Å². The Hall–Kier alpha value is -4.12. The molecule has 0 radical (unpaired) electrons. The van der Waals surface area contributed by atoms with Crippen molar-refractivity contribution in [2.24, 2.45) is 0 Å². The van der Waals surface area contributed by atoms with Crippen LogP contribution < -0.4 is 9.64 Å². The Kier molecular flexibility index (Phi) is 5.88. The third kappa shape index (κ3) is 4.17.